The van der Waals surface area contributed by atoms with E-state index in [0.717, 1.165) is 0 Å². The molecule has 3 nitrogen and oxygen atoms in total. The average Bonchev–Trinajstić information content (AvgIpc) is 0.811. The van der Waals surface area contributed by atoms with E-state index >= 15 is 0 Å². The van der Waals surface area contributed by atoms with Gasteiger partial charge in [0.2, 0.25) is 0 Å². The monoisotopic (exact) mass is 210 g/mol. The molecule has 0 spiro atoms. The Morgan fingerprint density at radius 3 is 0.545 bits per heavy atom. The van der Waals surface area contributed by atoms with Gasteiger partial charge < -0.3 is 14.7 Å². The second kappa shape index (κ2) is 77.6. The Bertz CT molecular complexity index is 22.5. The quantitative estimate of drug-likeness (QED) is 0.286. The van der Waals surface area contributed by atoms with Crippen molar-refractivity contribution in [3.63, 3.8) is 0 Å². The molecule has 0 unspecified atom stereocenters. The van der Waals surface area contributed by atoms with Crippen molar-refractivity contribution in [1.82, 2.24) is 0 Å². The molecule has 0 radical (unpaired) electrons. The van der Waals surface area contributed by atoms with Gasteiger partial charge in [-0.1, -0.05) is 0 Å². The number of rotatable bonds is 0. The topological polar surface area (TPSA) is 60.7 Å². The normalized spacial score (nSPS) is 3.27. The first-order valence-corrected chi connectivity index (χ1v) is 1.80. The summed E-state index contributed by atoms with van der Waals surface area (Å²) in [5.74, 6) is 0. The van der Waals surface area contributed by atoms with Crippen LogP contribution in [0, 0.1) is 0 Å². The van der Waals surface area contributed by atoms with Crippen molar-refractivity contribution in [2.75, 3.05) is 0 Å². The molecule has 11 heteroatoms. The Morgan fingerprint density at radius 1 is 0.545 bits per heavy atom. The first kappa shape index (κ1) is 104. The van der Waals surface area contributed by atoms with E-state index in [0.29, 0.717) is 0 Å². The minimum absolute atomic E-state index is 0. The SMILES string of the molecule is F.F.F.F.F.F.OP(O)O.[LiH]. The van der Waals surface area contributed by atoms with Crippen molar-refractivity contribution in [3.8, 4) is 0 Å². The Kier molecular flexibility index (Phi) is 733. The molecule has 0 aromatic rings. The zero-order chi connectivity index (χ0) is 3.58. The summed E-state index contributed by atoms with van der Waals surface area (Å²) >= 11 is 0. The van der Waals surface area contributed by atoms with Crippen molar-refractivity contribution < 1.29 is 42.9 Å². The Labute approximate surface area is 71.2 Å². The van der Waals surface area contributed by atoms with Crippen molar-refractivity contribution >= 4 is 27.5 Å². The van der Waals surface area contributed by atoms with Crippen LogP contribution in [-0.2, 0) is 0 Å². The van der Waals surface area contributed by atoms with Crippen LogP contribution in [-0.4, -0.2) is 33.5 Å². The summed E-state index contributed by atoms with van der Waals surface area (Å²) in [4.78, 5) is 21.7. The molecule has 0 aliphatic rings. The van der Waals surface area contributed by atoms with E-state index in [2.05, 4.69) is 0 Å². The molecule has 0 rings (SSSR count). The van der Waals surface area contributed by atoms with E-state index in [9.17, 15) is 0 Å². The minimum atomic E-state index is -2.62. The van der Waals surface area contributed by atoms with Crippen LogP contribution in [0.1, 0.15) is 0 Å². The van der Waals surface area contributed by atoms with Gasteiger partial charge in [-0.2, -0.15) is 0 Å². The number of hydrogen-bond donors (Lipinski definition) is 3. The van der Waals surface area contributed by atoms with Gasteiger partial charge in [-0.15, -0.1) is 0 Å². The molecule has 0 aromatic carbocycles. The van der Waals surface area contributed by atoms with Crippen LogP contribution in [0.25, 0.3) is 0 Å². The van der Waals surface area contributed by atoms with Crippen molar-refractivity contribution in [1.29, 1.82) is 0 Å². The zero-order valence-electron chi connectivity index (χ0n) is 4.24. The summed E-state index contributed by atoms with van der Waals surface area (Å²) in [7, 11) is -2.62. The van der Waals surface area contributed by atoms with Gasteiger partial charge in [-0.05, 0) is 0 Å². The fourth-order valence-electron chi connectivity index (χ4n) is 0. The molecular formula is H10F6LiO3P. The molecule has 0 bridgehead atoms. The van der Waals surface area contributed by atoms with Gasteiger partial charge in [0.1, 0.15) is 0 Å². The molecule has 0 heterocycles. The fourth-order valence-corrected chi connectivity index (χ4v) is 0. The van der Waals surface area contributed by atoms with Gasteiger partial charge in [-0.3, -0.25) is 28.2 Å². The van der Waals surface area contributed by atoms with Gasteiger partial charge in [0.05, 0.1) is 0 Å². The maximum atomic E-state index is 7.23. The van der Waals surface area contributed by atoms with Crippen molar-refractivity contribution in [2.24, 2.45) is 0 Å². The molecule has 11 heavy (non-hydrogen) atoms. The average molecular weight is 210 g/mol. The Hall–Kier alpha value is 0.487. The molecule has 0 aliphatic heterocycles. The van der Waals surface area contributed by atoms with Crippen LogP contribution in [0.2, 0.25) is 0 Å². The van der Waals surface area contributed by atoms with Gasteiger partial charge in [-0.25, -0.2) is 0 Å². The van der Waals surface area contributed by atoms with E-state index in [1.54, 1.807) is 0 Å². The van der Waals surface area contributed by atoms with Crippen LogP contribution < -0.4 is 0 Å². The predicted molar refractivity (Wildman–Crippen MR) is 35.7 cm³/mol. The summed E-state index contributed by atoms with van der Waals surface area (Å²) in [5, 5.41) is 0. The van der Waals surface area contributed by atoms with E-state index in [1.165, 1.54) is 0 Å². The Balaban J connectivity index is -0.00000000214. The third-order valence-electron chi connectivity index (χ3n) is 0. The van der Waals surface area contributed by atoms with Gasteiger partial charge >= 0.3 is 27.5 Å². The molecule has 3 N–H and O–H groups in total. The first-order chi connectivity index (χ1) is 1.73. The van der Waals surface area contributed by atoms with E-state index in [-0.39, 0.29) is 47.1 Å². The molecule has 0 amide bonds. The van der Waals surface area contributed by atoms with Crippen LogP contribution in [0.5, 0.6) is 0 Å². The third-order valence-corrected chi connectivity index (χ3v) is 0. The molecular weight excluding hydrogens is 200 g/mol. The molecule has 0 aromatic heterocycles. The van der Waals surface area contributed by atoms with E-state index < -0.39 is 8.60 Å². The van der Waals surface area contributed by atoms with Crippen LogP contribution in [0.4, 0.5) is 28.2 Å². The van der Waals surface area contributed by atoms with E-state index in [1.807, 2.05) is 0 Å². The van der Waals surface area contributed by atoms with Crippen LogP contribution >= 0.6 is 8.60 Å². The second-order valence-corrected chi connectivity index (χ2v) is 0.805. The molecule has 76 valence electrons. The predicted octanol–water partition coefficient (Wildman–Crippen LogP) is -0.543. The molecule has 0 saturated heterocycles. The van der Waals surface area contributed by atoms with Crippen LogP contribution in [0.15, 0.2) is 0 Å². The maximum absolute atomic E-state index is 7.23. The summed E-state index contributed by atoms with van der Waals surface area (Å²) < 4.78 is 0. The number of halogens is 6. The molecule has 0 saturated carbocycles. The molecule has 0 aliphatic carbocycles. The van der Waals surface area contributed by atoms with Crippen molar-refractivity contribution in [3.05, 3.63) is 0 Å². The van der Waals surface area contributed by atoms with E-state index in [4.69, 9.17) is 14.7 Å². The van der Waals surface area contributed by atoms with Gasteiger partial charge in [0.25, 0.3) is 0 Å². The third kappa shape index (κ3) is 3180. The molecule has 0 fully saturated rings. The Morgan fingerprint density at radius 2 is 0.545 bits per heavy atom. The zero-order valence-corrected chi connectivity index (χ0v) is 5.13. The number of hydrogen-bond acceptors (Lipinski definition) is 3. The molecule has 0 atom stereocenters. The summed E-state index contributed by atoms with van der Waals surface area (Å²) in [6.07, 6.45) is 0. The summed E-state index contributed by atoms with van der Waals surface area (Å²) in [6, 6.07) is 0. The fraction of sp³-hybridized carbons (Fsp3) is 0. The first-order valence-electron chi connectivity index (χ1n) is 0.600. The van der Waals surface area contributed by atoms with Crippen LogP contribution in [0.3, 0.4) is 0 Å². The standard InChI is InChI=1S/6FH.Li.H3O3P.H/c;;;;;;;1-4(2)3;/h6*1H;;1-3H;. The summed E-state index contributed by atoms with van der Waals surface area (Å²) in [5.41, 5.74) is 0. The summed E-state index contributed by atoms with van der Waals surface area (Å²) in [6.45, 7) is 0. The van der Waals surface area contributed by atoms with Gasteiger partial charge in [0.15, 0.2) is 0 Å². The van der Waals surface area contributed by atoms with Gasteiger partial charge in [0, 0.05) is 0 Å². The van der Waals surface area contributed by atoms with Crippen molar-refractivity contribution in [2.45, 2.75) is 0 Å². The second-order valence-electron chi connectivity index (χ2n) is 0.268.